The number of halogens is 1. The minimum atomic E-state index is -0.0731. The van der Waals surface area contributed by atoms with E-state index in [4.69, 9.17) is 17.3 Å². The van der Waals surface area contributed by atoms with Crippen LogP contribution in [0.2, 0.25) is 5.02 Å². The van der Waals surface area contributed by atoms with Crippen LogP contribution in [0.5, 0.6) is 0 Å². The third-order valence-corrected chi connectivity index (χ3v) is 3.81. The van der Waals surface area contributed by atoms with E-state index in [-0.39, 0.29) is 17.7 Å². The van der Waals surface area contributed by atoms with Crippen LogP contribution >= 0.6 is 11.6 Å². The Balaban J connectivity index is 2.12. The van der Waals surface area contributed by atoms with E-state index in [0.29, 0.717) is 17.9 Å². The Morgan fingerprint density at radius 3 is 2.83 bits per heavy atom. The lowest BCUT2D eigenvalue weighted by Crippen LogP contribution is -2.21. The standard InChI is InChI=1S/C13H18ClN3O/c1-3-10-13(14)11(17(2)16-10)7-12(18)8-4-5-9(15)6-8/h4-5,8-9H,3,6-7,15H2,1-2H3. The van der Waals surface area contributed by atoms with Gasteiger partial charge in [0.1, 0.15) is 5.78 Å². The minimum Gasteiger partial charge on any atom is -0.324 e. The number of nitrogens with zero attached hydrogens (tertiary/aromatic N) is 2. The molecule has 0 saturated carbocycles. The summed E-state index contributed by atoms with van der Waals surface area (Å²) in [5, 5.41) is 4.94. The molecule has 2 N–H and O–H groups in total. The van der Waals surface area contributed by atoms with E-state index >= 15 is 0 Å². The molecule has 18 heavy (non-hydrogen) atoms. The summed E-state index contributed by atoms with van der Waals surface area (Å²) in [6.07, 6.45) is 5.59. The van der Waals surface area contributed by atoms with Gasteiger partial charge in [0.2, 0.25) is 0 Å². The summed E-state index contributed by atoms with van der Waals surface area (Å²) in [5.74, 6) is 0.0859. The summed E-state index contributed by atoms with van der Waals surface area (Å²) in [6.45, 7) is 2.00. The normalized spacial score (nSPS) is 22.7. The summed E-state index contributed by atoms with van der Waals surface area (Å²) in [7, 11) is 1.82. The van der Waals surface area contributed by atoms with Gasteiger partial charge in [-0.15, -0.1) is 0 Å². The Bertz CT molecular complexity index is 493. The molecule has 0 spiro atoms. The highest BCUT2D eigenvalue weighted by atomic mass is 35.5. The first-order valence-corrected chi connectivity index (χ1v) is 6.57. The molecule has 0 amide bonds. The molecule has 2 unspecified atom stereocenters. The lowest BCUT2D eigenvalue weighted by atomic mass is 9.99. The summed E-state index contributed by atoms with van der Waals surface area (Å²) >= 11 is 6.23. The van der Waals surface area contributed by atoms with Crippen LogP contribution in [0.3, 0.4) is 0 Å². The van der Waals surface area contributed by atoms with E-state index in [1.807, 2.05) is 26.1 Å². The van der Waals surface area contributed by atoms with Gasteiger partial charge < -0.3 is 5.73 Å². The maximum Gasteiger partial charge on any atom is 0.145 e. The fourth-order valence-electron chi connectivity index (χ4n) is 2.27. The van der Waals surface area contributed by atoms with Gasteiger partial charge >= 0.3 is 0 Å². The summed E-state index contributed by atoms with van der Waals surface area (Å²) in [6, 6.07) is 0.00663. The van der Waals surface area contributed by atoms with Crippen molar-refractivity contribution in [2.75, 3.05) is 0 Å². The monoisotopic (exact) mass is 267 g/mol. The lowest BCUT2D eigenvalue weighted by molar-refractivity contribution is -0.121. The Labute approximate surface area is 112 Å². The second kappa shape index (κ2) is 5.24. The molecule has 0 fully saturated rings. The van der Waals surface area contributed by atoms with Gasteiger partial charge in [-0.25, -0.2) is 0 Å². The molecule has 1 aliphatic rings. The van der Waals surface area contributed by atoms with E-state index < -0.39 is 0 Å². The molecular formula is C13H18ClN3O. The molecule has 98 valence electrons. The molecule has 1 aliphatic carbocycles. The van der Waals surface area contributed by atoms with Crippen molar-refractivity contribution >= 4 is 17.4 Å². The first-order valence-electron chi connectivity index (χ1n) is 6.19. The van der Waals surface area contributed by atoms with Crippen LogP contribution in [0.15, 0.2) is 12.2 Å². The molecule has 0 bridgehead atoms. The number of nitrogens with two attached hydrogens (primary N) is 1. The van der Waals surface area contributed by atoms with Crippen molar-refractivity contribution in [3.8, 4) is 0 Å². The number of aromatic nitrogens is 2. The fourth-order valence-corrected chi connectivity index (χ4v) is 2.63. The number of carbonyl (C=O) groups excluding carboxylic acids is 1. The van der Waals surface area contributed by atoms with Crippen molar-refractivity contribution in [1.82, 2.24) is 9.78 Å². The maximum absolute atomic E-state index is 12.2. The number of allylic oxidation sites excluding steroid dienone is 1. The predicted octanol–water partition coefficient (Wildman–Crippen LogP) is 1.65. The molecule has 4 nitrogen and oxygen atoms in total. The van der Waals surface area contributed by atoms with Crippen LogP contribution in [0, 0.1) is 5.92 Å². The number of hydrogen-bond donors (Lipinski definition) is 1. The fraction of sp³-hybridized carbons (Fsp3) is 0.538. The van der Waals surface area contributed by atoms with Gasteiger partial charge in [-0.3, -0.25) is 9.48 Å². The predicted molar refractivity (Wildman–Crippen MR) is 71.5 cm³/mol. The third-order valence-electron chi connectivity index (χ3n) is 3.37. The van der Waals surface area contributed by atoms with E-state index in [9.17, 15) is 4.79 Å². The zero-order valence-electron chi connectivity index (χ0n) is 10.7. The van der Waals surface area contributed by atoms with Crippen molar-refractivity contribution in [2.45, 2.75) is 32.2 Å². The number of carbonyl (C=O) groups is 1. The second-order valence-corrected chi connectivity index (χ2v) is 5.10. The van der Waals surface area contributed by atoms with Crippen molar-refractivity contribution < 1.29 is 4.79 Å². The van der Waals surface area contributed by atoms with Crippen LogP contribution in [0.4, 0.5) is 0 Å². The van der Waals surface area contributed by atoms with Crippen LogP contribution in [-0.4, -0.2) is 21.6 Å². The topological polar surface area (TPSA) is 60.9 Å². The number of Topliss-reactive ketones (excluding diaryl/α,β-unsaturated/α-hetero) is 1. The Hall–Kier alpha value is -1.13. The van der Waals surface area contributed by atoms with E-state index in [0.717, 1.165) is 17.8 Å². The minimum absolute atomic E-state index is 0.00663. The van der Waals surface area contributed by atoms with E-state index in [2.05, 4.69) is 5.10 Å². The summed E-state index contributed by atoms with van der Waals surface area (Å²) < 4.78 is 1.71. The zero-order valence-corrected chi connectivity index (χ0v) is 11.4. The van der Waals surface area contributed by atoms with Gasteiger partial charge in [0.05, 0.1) is 22.8 Å². The quantitative estimate of drug-likeness (QED) is 0.844. The summed E-state index contributed by atoms with van der Waals surface area (Å²) in [4.78, 5) is 12.2. The lowest BCUT2D eigenvalue weighted by Gasteiger charge is -2.08. The Kier molecular flexibility index (Phi) is 3.88. The molecule has 2 rings (SSSR count). The zero-order chi connectivity index (χ0) is 13.3. The van der Waals surface area contributed by atoms with Crippen molar-refractivity contribution in [1.29, 1.82) is 0 Å². The smallest absolute Gasteiger partial charge is 0.145 e. The molecule has 2 atom stereocenters. The molecule has 1 heterocycles. The van der Waals surface area contributed by atoms with E-state index in [1.165, 1.54) is 0 Å². The van der Waals surface area contributed by atoms with Crippen molar-refractivity contribution in [3.63, 3.8) is 0 Å². The second-order valence-electron chi connectivity index (χ2n) is 4.72. The van der Waals surface area contributed by atoms with E-state index in [1.54, 1.807) is 4.68 Å². The van der Waals surface area contributed by atoms with Gasteiger partial charge in [-0.05, 0) is 12.8 Å². The number of aryl methyl sites for hydroxylation is 2. The highest BCUT2D eigenvalue weighted by Crippen LogP contribution is 2.24. The Morgan fingerprint density at radius 2 is 2.33 bits per heavy atom. The average Bonchev–Trinajstić information content (AvgIpc) is 2.87. The molecule has 0 radical (unpaired) electrons. The van der Waals surface area contributed by atoms with Crippen molar-refractivity contribution in [3.05, 3.63) is 28.6 Å². The average molecular weight is 268 g/mol. The van der Waals surface area contributed by atoms with Crippen LogP contribution in [0.25, 0.3) is 0 Å². The molecule has 0 saturated heterocycles. The first kappa shape index (κ1) is 13.3. The molecular weight excluding hydrogens is 250 g/mol. The molecule has 0 aromatic carbocycles. The molecule has 1 aromatic heterocycles. The van der Waals surface area contributed by atoms with Gasteiger partial charge in [-0.2, -0.15) is 5.10 Å². The first-order chi connectivity index (χ1) is 8.52. The molecule has 0 aliphatic heterocycles. The maximum atomic E-state index is 12.2. The number of rotatable bonds is 4. The van der Waals surface area contributed by atoms with Gasteiger partial charge in [-0.1, -0.05) is 30.7 Å². The van der Waals surface area contributed by atoms with Crippen LogP contribution in [-0.2, 0) is 24.7 Å². The molecule has 1 aromatic rings. The van der Waals surface area contributed by atoms with Crippen molar-refractivity contribution in [2.24, 2.45) is 18.7 Å². The summed E-state index contributed by atoms with van der Waals surface area (Å²) in [5.41, 5.74) is 7.41. The van der Waals surface area contributed by atoms with Gasteiger partial charge in [0.15, 0.2) is 0 Å². The van der Waals surface area contributed by atoms with Crippen LogP contribution < -0.4 is 5.73 Å². The van der Waals surface area contributed by atoms with Crippen LogP contribution in [0.1, 0.15) is 24.7 Å². The van der Waals surface area contributed by atoms with Gasteiger partial charge in [0, 0.05) is 19.0 Å². The third kappa shape index (κ3) is 2.49. The van der Waals surface area contributed by atoms with Gasteiger partial charge in [0.25, 0.3) is 0 Å². The highest BCUT2D eigenvalue weighted by Gasteiger charge is 2.25. The Morgan fingerprint density at radius 1 is 1.61 bits per heavy atom. The SMILES string of the molecule is CCc1nn(C)c(CC(=O)C2C=CC(N)C2)c1Cl. The number of hydrogen-bond acceptors (Lipinski definition) is 3. The largest absolute Gasteiger partial charge is 0.324 e. The number of ketones is 1. The highest BCUT2D eigenvalue weighted by molar-refractivity contribution is 6.32. The molecule has 5 heteroatoms.